The van der Waals surface area contributed by atoms with Crippen molar-refractivity contribution in [3.63, 3.8) is 0 Å². The maximum Gasteiger partial charge on any atom is 0.175 e. The van der Waals surface area contributed by atoms with Crippen molar-refractivity contribution in [3.05, 3.63) is 41.7 Å². The molecule has 2 rings (SSSR count). The largest absolute Gasteiger partial charge is 0.495 e. The number of hydrogen-bond acceptors (Lipinski definition) is 4. The number of rotatable bonds is 3. The molecule has 1 atom stereocenters. The zero-order chi connectivity index (χ0) is 12.5. The van der Waals surface area contributed by atoms with Crippen LogP contribution in [0.5, 0.6) is 0 Å². The summed E-state index contributed by atoms with van der Waals surface area (Å²) in [5.74, 6) is 0.496. The molecule has 1 heterocycles. The highest BCUT2D eigenvalue weighted by Crippen LogP contribution is 2.27. The predicted molar refractivity (Wildman–Crippen MR) is 63.2 cm³/mol. The monoisotopic (exact) mass is 254 g/mol. The van der Waals surface area contributed by atoms with Gasteiger partial charge in [0.15, 0.2) is 9.84 Å². The number of aliphatic hydroxyl groups excluding tert-OH is 1. The first kappa shape index (κ1) is 12.1. The summed E-state index contributed by atoms with van der Waals surface area (Å²) in [6, 6.07) is 6.28. The molecule has 0 saturated heterocycles. The van der Waals surface area contributed by atoms with Crippen molar-refractivity contribution in [2.45, 2.75) is 17.4 Å². The van der Waals surface area contributed by atoms with Crippen LogP contribution in [-0.4, -0.2) is 26.4 Å². The summed E-state index contributed by atoms with van der Waals surface area (Å²) < 4.78 is 28.1. The van der Waals surface area contributed by atoms with Crippen LogP contribution in [0.2, 0.25) is 0 Å². The van der Waals surface area contributed by atoms with E-state index in [9.17, 15) is 13.5 Å². The highest BCUT2D eigenvalue weighted by Gasteiger charge is 2.19. The summed E-state index contributed by atoms with van der Waals surface area (Å²) in [7, 11) is -3.25. The van der Waals surface area contributed by atoms with E-state index in [-0.39, 0.29) is 4.90 Å². The van der Waals surface area contributed by atoms with Crippen molar-refractivity contribution >= 4 is 9.84 Å². The highest BCUT2D eigenvalue weighted by atomic mass is 32.2. The molecule has 0 amide bonds. The number of aliphatic hydroxyl groups is 1. The summed E-state index contributed by atoms with van der Waals surface area (Å²) in [6.45, 7) is 0.568. The third-order valence-corrected chi connectivity index (χ3v) is 3.71. The minimum absolute atomic E-state index is 0.202. The molecular weight excluding hydrogens is 240 g/mol. The van der Waals surface area contributed by atoms with Gasteiger partial charge < -0.3 is 9.84 Å². The van der Waals surface area contributed by atoms with E-state index in [1.54, 1.807) is 12.1 Å². The topological polar surface area (TPSA) is 63.6 Å². The summed E-state index contributed by atoms with van der Waals surface area (Å²) in [4.78, 5) is 0.202. The van der Waals surface area contributed by atoms with Crippen molar-refractivity contribution in [2.24, 2.45) is 0 Å². The van der Waals surface area contributed by atoms with Crippen LogP contribution >= 0.6 is 0 Å². The fourth-order valence-corrected chi connectivity index (χ4v) is 2.38. The van der Waals surface area contributed by atoms with Gasteiger partial charge in [0.1, 0.15) is 11.9 Å². The summed E-state index contributed by atoms with van der Waals surface area (Å²) in [6.07, 6.45) is 2.85. The lowest BCUT2D eigenvalue weighted by atomic mass is 10.1. The molecule has 0 bridgehead atoms. The van der Waals surface area contributed by atoms with Gasteiger partial charge in [-0.25, -0.2) is 8.42 Å². The van der Waals surface area contributed by atoms with Crippen LogP contribution in [0.3, 0.4) is 0 Å². The molecule has 1 N–H and O–H groups in total. The first-order chi connectivity index (χ1) is 7.98. The lowest BCUT2D eigenvalue weighted by Gasteiger charge is -2.13. The van der Waals surface area contributed by atoms with Gasteiger partial charge in [0.25, 0.3) is 0 Å². The molecule has 1 aromatic rings. The molecule has 1 aliphatic heterocycles. The molecule has 0 aromatic heterocycles. The van der Waals surface area contributed by atoms with E-state index in [2.05, 4.69) is 0 Å². The minimum Gasteiger partial charge on any atom is -0.495 e. The van der Waals surface area contributed by atoms with Crippen molar-refractivity contribution < 1.29 is 18.3 Å². The molecule has 0 fully saturated rings. The van der Waals surface area contributed by atoms with Crippen LogP contribution in [0.4, 0.5) is 0 Å². The molecule has 1 unspecified atom stereocenters. The SMILES string of the molecule is CS(=O)(=O)c1cccc(C(O)C2=CCCO2)c1. The van der Waals surface area contributed by atoms with Crippen LogP contribution < -0.4 is 0 Å². The lowest BCUT2D eigenvalue weighted by molar-refractivity contribution is 0.119. The Balaban J connectivity index is 2.33. The van der Waals surface area contributed by atoms with Gasteiger partial charge in [0.05, 0.1) is 11.5 Å². The molecule has 0 aliphatic carbocycles. The second kappa shape index (κ2) is 4.50. The van der Waals surface area contributed by atoms with Gasteiger partial charge in [-0.15, -0.1) is 0 Å². The molecule has 92 valence electrons. The van der Waals surface area contributed by atoms with Gasteiger partial charge in [-0.3, -0.25) is 0 Å². The summed E-state index contributed by atoms with van der Waals surface area (Å²) in [5.41, 5.74) is 0.529. The lowest BCUT2D eigenvalue weighted by Crippen LogP contribution is -2.04. The number of ether oxygens (including phenoxy) is 1. The van der Waals surface area contributed by atoms with Crippen LogP contribution in [0, 0.1) is 0 Å². The maximum absolute atomic E-state index is 11.4. The number of hydrogen-bond donors (Lipinski definition) is 1. The van der Waals surface area contributed by atoms with E-state index in [4.69, 9.17) is 4.74 Å². The van der Waals surface area contributed by atoms with Crippen LogP contribution in [0.25, 0.3) is 0 Å². The smallest absolute Gasteiger partial charge is 0.175 e. The van der Waals surface area contributed by atoms with E-state index in [1.807, 2.05) is 6.08 Å². The number of sulfone groups is 1. The van der Waals surface area contributed by atoms with E-state index in [0.29, 0.717) is 17.9 Å². The standard InChI is InChI=1S/C12H14O4S/c1-17(14,15)10-5-2-4-9(8-10)12(13)11-6-3-7-16-11/h2,4-6,8,12-13H,3,7H2,1H3. The molecule has 17 heavy (non-hydrogen) atoms. The Labute approximate surface area is 100 Å². The molecule has 5 heteroatoms. The van der Waals surface area contributed by atoms with Gasteiger partial charge in [-0.05, 0) is 23.8 Å². The zero-order valence-electron chi connectivity index (χ0n) is 9.46. The second-order valence-electron chi connectivity index (χ2n) is 3.99. The van der Waals surface area contributed by atoms with Gasteiger partial charge in [-0.1, -0.05) is 12.1 Å². The third-order valence-electron chi connectivity index (χ3n) is 2.60. The van der Waals surface area contributed by atoms with Crippen molar-refractivity contribution in [3.8, 4) is 0 Å². The molecule has 0 radical (unpaired) electrons. The quantitative estimate of drug-likeness (QED) is 0.886. The second-order valence-corrected chi connectivity index (χ2v) is 6.01. The van der Waals surface area contributed by atoms with Crippen molar-refractivity contribution in [1.82, 2.24) is 0 Å². The molecule has 4 nitrogen and oxygen atoms in total. The molecule has 1 aromatic carbocycles. The van der Waals surface area contributed by atoms with Gasteiger partial charge >= 0.3 is 0 Å². The Bertz CT molecular complexity index is 545. The maximum atomic E-state index is 11.4. The first-order valence-corrected chi connectivity index (χ1v) is 7.18. The van der Waals surface area contributed by atoms with Crippen LogP contribution in [-0.2, 0) is 14.6 Å². The summed E-state index contributed by atoms with van der Waals surface area (Å²) in [5, 5.41) is 10.0. The summed E-state index contributed by atoms with van der Waals surface area (Å²) >= 11 is 0. The van der Waals surface area contributed by atoms with Gasteiger partial charge in [0.2, 0.25) is 0 Å². The van der Waals surface area contributed by atoms with Crippen molar-refractivity contribution in [2.75, 3.05) is 12.9 Å². The van der Waals surface area contributed by atoms with Gasteiger partial charge in [0, 0.05) is 12.7 Å². The van der Waals surface area contributed by atoms with E-state index < -0.39 is 15.9 Å². The molecule has 0 spiro atoms. The zero-order valence-corrected chi connectivity index (χ0v) is 10.3. The normalized spacial score (nSPS) is 17.4. The Morgan fingerprint density at radius 2 is 2.18 bits per heavy atom. The third kappa shape index (κ3) is 2.68. The molecule has 1 aliphatic rings. The van der Waals surface area contributed by atoms with Crippen LogP contribution in [0.1, 0.15) is 18.1 Å². The minimum atomic E-state index is -3.25. The highest BCUT2D eigenvalue weighted by molar-refractivity contribution is 7.90. The van der Waals surface area contributed by atoms with Gasteiger partial charge in [-0.2, -0.15) is 0 Å². The predicted octanol–water partition coefficient (Wildman–Crippen LogP) is 1.43. The first-order valence-electron chi connectivity index (χ1n) is 5.29. The van der Waals surface area contributed by atoms with Crippen molar-refractivity contribution in [1.29, 1.82) is 0 Å². The van der Waals surface area contributed by atoms with E-state index >= 15 is 0 Å². The Kier molecular flexibility index (Phi) is 3.22. The fourth-order valence-electron chi connectivity index (χ4n) is 1.71. The van der Waals surface area contributed by atoms with E-state index in [1.165, 1.54) is 12.1 Å². The molecular formula is C12H14O4S. The fraction of sp³-hybridized carbons (Fsp3) is 0.333. The van der Waals surface area contributed by atoms with E-state index in [0.717, 1.165) is 12.7 Å². The Hall–Kier alpha value is -1.33. The average molecular weight is 254 g/mol. The average Bonchev–Trinajstić information content (AvgIpc) is 2.80. The Morgan fingerprint density at radius 1 is 1.41 bits per heavy atom. The number of benzene rings is 1. The van der Waals surface area contributed by atoms with Crippen LogP contribution in [0.15, 0.2) is 41.0 Å². The molecule has 0 saturated carbocycles. The Morgan fingerprint density at radius 3 is 2.76 bits per heavy atom.